The Morgan fingerprint density at radius 1 is 1.24 bits per heavy atom. The van der Waals surface area contributed by atoms with Crippen LogP contribution in [0, 0.1) is 5.92 Å². The van der Waals surface area contributed by atoms with Crippen molar-refractivity contribution in [2.75, 3.05) is 33.8 Å². The number of ether oxygens (including phenoxy) is 5. The zero-order chi connectivity index (χ0) is 17.8. The van der Waals surface area contributed by atoms with Gasteiger partial charge in [-0.1, -0.05) is 6.07 Å². The Morgan fingerprint density at radius 2 is 2.00 bits per heavy atom. The molecule has 1 unspecified atom stereocenters. The lowest BCUT2D eigenvalue weighted by molar-refractivity contribution is -0.171. The van der Waals surface area contributed by atoms with E-state index < -0.39 is 18.9 Å². The lowest BCUT2D eigenvalue weighted by Gasteiger charge is -2.25. The molecule has 0 spiro atoms. The largest absolute Gasteiger partial charge is 0.454 e. The van der Waals surface area contributed by atoms with E-state index in [1.807, 2.05) is 25.1 Å². The van der Waals surface area contributed by atoms with Crippen LogP contribution >= 0.6 is 0 Å². The smallest absolute Gasteiger partial charge is 0.412 e. The van der Waals surface area contributed by atoms with Crippen molar-refractivity contribution in [1.82, 2.24) is 4.90 Å². The van der Waals surface area contributed by atoms with Crippen molar-refractivity contribution in [3.8, 4) is 11.5 Å². The molecule has 0 aromatic heterocycles. The predicted molar refractivity (Wildman–Crippen MR) is 85.2 cm³/mol. The molecule has 1 atom stereocenters. The molecule has 0 radical (unpaired) electrons. The van der Waals surface area contributed by atoms with Gasteiger partial charge in [-0.15, -0.1) is 0 Å². The summed E-state index contributed by atoms with van der Waals surface area (Å²) in [7, 11) is 1.64. The first-order valence-electron chi connectivity index (χ1n) is 8.07. The van der Waals surface area contributed by atoms with Crippen LogP contribution in [0.3, 0.4) is 0 Å². The molecule has 8 nitrogen and oxygen atoms in total. The molecule has 2 heterocycles. The quantitative estimate of drug-likeness (QED) is 0.568. The maximum atomic E-state index is 12.0. The molecule has 0 saturated carbocycles. The van der Waals surface area contributed by atoms with Gasteiger partial charge in [0.15, 0.2) is 11.5 Å². The Balaban J connectivity index is 1.43. The van der Waals surface area contributed by atoms with Gasteiger partial charge in [0.1, 0.15) is 5.92 Å². The maximum absolute atomic E-state index is 12.0. The van der Waals surface area contributed by atoms with Crippen LogP contribution in [0.1, 0.15) is 12.5 Å². The molecule has 1 fully saturated rings. The summed E-state index contributed by atoms with van der Waals surface area (Å²) in [6.45, 7) is 2.46. The van der Waals surface area contributed by atoms with Gasteiger partial charge in [-0.25, -0.2) is 4.79 Å². The van der Waals surface area contributed by atoms with E-state index in [4.69, 9.17) is 23.7 Å². The Kier molecular flexibility index (Phi) is 5.28. The molecule has 1 aromatic rings. The second kappa shape index (κ2) is 7.60. The molecule has 2 aliphatic rings. The third-order valence-corrected chi connectivity index (χ3v) is 4.27. The Bertz CT molecular complexity index is 644. The van der Waals surface area contributed by atoms with Crippen molar-refractivity contribution in [2.24, 2.45) is 5.92 Å². The van der Waals surface area contributed by atoms with E-state index in [-0.39, 0.29) is 18.8 Å². The van der Waals surface area contributed by atoms with E-state index in [0.717, 1.165) is 11.3 Å². The normalized spacial score (nSPS) is 16.7. The van der Waals surface area contributed by atoms with Gasteiger partial charge in [0, 0.05) is 13.1 Å². The summed E-state index contributed by atoms with van der Waals surface area (Å²) in [5, 5.41) is 0. The van der Waals surface area contributed by atoms with Gasteiger partial charge in [0.2, 0.25) is 13.6 Å². The van der Waals surface area contributed by atoms with Crippen LogP contribution in [0.25, 0.3) is 0 Å². The van der Waals surface area contributed by atoms with Gasteiger partial charge in [0.25, 0.3) is 0 Å². The highest BCUT2D eigenvalue weighted by atomic mass is 16.7. The number of hydrogen-bond acceptors (Lipinski definition) is 7. The highest BCUT2D eigenvalue weighted by Crippen LogP contribution is 2.32. The number of rotatable bonds is 6. The fourth-order valence-corrected chi connectivity index (χ4v) is 2.46. The van der Waals surface area contributed by atoms with E-state index in [2.05, 4.69) is 0 Å². The summed E-state index contributed by atoms with van der Waals surface area (Å²) < 4.78 is 25.4. The summed E-state index contributed by atoms with van der Waals surface area (Å²) in [5.74, 6) is 0.779. The number of carbonyl (C=O) groups is 2. The van der Waals surface area contributed by atoms with E-state index in [1.165, 1.54) is 4.90 Å². The summed E-state index contributed by atoms with van der Waals surface area (Å²) in [4.78, 5) is 25.0. The molecule has 1 aromatic carbocycles. The van der Waals surface area contributed by atoms with E-state index in [9.17, 15) is 9.59 Å². The molecule has 136 valence electrons. The summed E-state index contributed by atoms with van der Waals surface area (Å²) in [5.41, 5.74) is 1.02. The van der Waals surface area contributed by atoms with Crippen molar-refractivity contribution in [3.05, 3.63) is 23.8 Å². The molecule has 0 N–H and O–H groups in total. The van der Waals surface area contributed by atoms with Crippen LogP contribution in [-0.2, 0) is 25.4 Å². The van der Waals surface area contributed by atoms with E-state index >= 15 is 0 Å². The van der Waals surface area contributed by atoms with Gasteiger partial charge < -0.3 is 28.6 Å². The van der Waals surface area contributed by atoms with Crippen molar-refractivity contribution < 1.29 is 33.3 Å². The maximum Gasteiger partial charge on any atom is 0.412 e. The third-order valence-electron chi connectivity index (χ3n) is 4.27. The van der Waals surface area contributed by atoms with Crippen molar-refractivity contribution in [1.29, 1.82) is 0 Å². The first-order chi connectivity index (χ1) is 12.0. The molecule has 2 aliphatic heterocycles. The average molecular weight is 351 g/mol. The number of nitrogens with zero attached hydrogens (tertiary/aromatic N) is 1. The van der Waals surface area contributed by atoms with Crippen molar-refractivity contribution in [2.45, 2.75) is 19.4 Å². The van der Waals surface area contributed by atoms with Gasteiger partial charge in [-0.2, -0.15) is 0 Å². The molecular weight excluding hydrogens is 330 g/mol. The van der Waals surface area contributed by atoms with Gasteiger partial charge in [0.05, 0.1) is 13.2 Å². The zero-order valence-corrected chi connectivity index (χ0v) is 14.2. The number of hydrogen-bond donors (Lipinski definition) is 0. The van der Waals surface area contributed by atoms with Crippen LogP contribution in [0.15, 0.2) is 18.2 Å². The molecule has 25 heavy (non-hydrogen) atoms. The van der Waals surface area contributed by atoms with Crippen molar-refractivity contribution in [3.63, 3.8) is 0 Å². The van der Waals surface area contributed by atoms with Gasteiger partial charge >= 0.3 is 12.1 Å². The topological polar surface area (TPSA) is 83.5 Å². The number of esters is 1. The number of amides is 1. The van der Waals surface area contributed by atoms with Crippen LogP contribution in [0.2, 0.25) is 0 Å². The molecule has 0 aliphatic carbocycles. The predicted octanol–water partition coefficient (Wildman–Crippen LogP) is 1.56. The Morgan fingerprint density at radius 3 is 2.72 bits per heavy atom. The fourth-order valence-electron chi connectivity index (χ4n) is 2.46. The highest BCUT2D eigenvalue weighted by molar-refractivity contribution is 5.73. The lowest BCUT2D eigenvalue weighted by Crippen LogP contribution is -2.39. The van der Waals surface area contributed by atoms with E-state index in [1.54, 1.807) is 7.05 Å². The number of fused-ring (bicyclic) bond motifs is 1. The molecule has 0 bridgehead atoms. The number of benzene rings is 1. The minimum absolute atomic E-state index is 0.108. The first kappa shape index (κ1) is 17.3. The monoisotopic (exact) mass is 351 g/mol. The Hall–Kier alpha value is -2.48. The zero-order valence-electron chi connectivity index (χ0n) is 14.2. The second-order valence-electron chi connectivity index (χ2n) is 6.08. The van der Waals surface area contributed by atoms with Crippen LogP contribution in [0.5, 0.6) is 11.5 Å². The minimum atomic E-state index is -0.550. The Labute approximate surface area is 145 Å². The minimum Gasteiger partial charge on any atom is -0.454 e. The molecule has 3 rings (SSSR count). The standard InChI is InChI=1S/C17H21NO7/c1-11(5-12-3-4-14-15(6-12)23-9-22-14)18(2)17(20)25-10-24-16(19)13-7-21-8-13/h3-4,6,11,13H,5,7-10H2,1-2H3. The van der Waals surface area contributed by atoms with Crippen LogP contribution in [0.4, 0.5) is 4.79 Å². The number of likely N-dealkylation sites (N-methyl/N-ethyl adjacent to an activating group) is 1. The SMILES string of the molecule is CC(Cc1ccc2c(c1)OCO2)N(C)C(=O)OCOC(=O)C1COC1. The molecular formula is C17H21NO7. The summed E-state index contributed by atoms with van der Waals surface area (Å²) in [6.07, 6.45) is 0.0763. The van der Waals surface area contributed by atoms with Gasteiger partial charge in [-0.3, -0.25) is 4.79 Å². The number of carbonyl (C=O) groups excluding carboxylic acids is 2. The third kappa shape index (κ3) is 4.14. The first-order valence-corrected chi connectivity index (χ1v) is 8.07. The van der Waals surface area contributed by atoms with Crippen LogP contribution < -0.4 is 9.47 Å². The molecule has 1 amide bonds. The fraction of sp³-hybridized carbons (Fsp3) is 0.529. The highest BCUT2D eigenvalue weighted by Gasteiger charge is 2.28. The lowest BCUT2D eigenvalue weighted by atomic mass is 10.1. The average Bonchev–Trinajstić information content (AvgIpc) is 2.99. The summed E-state index contributed by atoms with van der Waals surface area (Å²) in [6, 6.07) is 5.59. The van der Waals surface area contributed by atoms with Crippen LogP contribution in [-0.4, -0.2) is 56.9 Å². The molecule has 1 saturated heterocycles. The summed E-state index contributed by atoms with van der Waals surface area (Å²) >= 11 is 0. The van der Waals surface area contributed by atoms with Crippen molar-refractivity contribution >= 4 is 12.1 Å². The van der Waals surface area contributed by atoms with E-state index in [0.29, 0.717) is 25.4 Å². The van der Waals surface area contributed by atoms with Gasteiger partial charge in [-0.05, 0) is 31.0 Å². The second-order valence-corrected chi connectivity index (χ2v) is 6.08. The molecule has 8 heteroatoms.